The fourth-order valence-corrected chi connectivity index (χ4v) is 1.88. The molecular formula is C17H14ClN3. The molecule has 21 heavy (non-hydrogen) atoms. The van der Waals surface area contributed by atoms with E-state index in [0.717, 1.165) is 22.4 Å². The summed E-state index contributed by atoms with van der Waals surface area (Å²) < 4.78 is 0. The molecule has 3 N–H and O–H groups in total. The van der Waals surface area contributed by atoms with Crippen LogP contribution >= 0.6 is 12.4 Å². The maximum Gasteiger partial charge on any atom is 0.197 e. The minimum absolute atomic E-state index is 0. The number of benzene rings is 2. The van der Waals surface area contributed by atoms with E-state index < -0.39 is 0 Å². The summed E-state index contributed by atoms with van der Waals surface area (Å²) in [5.41, 5.74) is 9.51. The number of aromatic nitrogens is 2. The Bertz CT molecular complexity index is 765. The number of nitrogens with zero attached hydrogens (tertiary/aromatic N) is 1. The third kappa shape index (κ3) is 3.65. The summed E-state index contributed by atoms with van der Waals surface area (Å²) in [6, 6.07) is 17.9. The van der Waals surface area contributed by atoms with Gasteiger partial charge in [-0.3, -0.25) is 0 Å². The number of imidazole rings is 1. The van der Waals surface area contributed by atoms with Crippen LogP contribution < -0.4 is 5.73 Å². The first-order valence-corrected chi connectivity index (χ1v) is 6.29. The Morgan fingerprint density at radius 2 is 1.48 bits per heavy atom. The van der Waals surface area contributed by atoms with Crippen molar-refractivity contribution in [2.75, 3.05) is 5.73 Å². The zero-order chi connectivity index (χ0) is 13.8. The van der Waals surface area contributed by atoms with Crippen LogP contribution in [0.1, 0.15) is 11.1 Å². The number of aromatic amines is 1. The highest BCUT2D eigenvalue weighted by Gasteiger charge is 2.00. The van der Waals surface area contributed by atoms with Crippen molar-refractivity contribution in [3.63, 3.8) is 0 Å². The highest BCUT2D eigenvalue weighted by Crippen LogP contribution is 2.17. The van der Waals surface area contributed by atoms with Gasteiger partial charge in [0.15, 0.2) is 5.95 Å². The Balaban J connectivity index is 0.00000161. The quantitative estimate of drug-likeness (QED) is 0.675. The molecule has 3 rings (SSSR count). The van der Waals surface area contributed by atoms with Gasteiger partial charge in [-0.2, -0.15) is 0 Å². The van der Waals surface area contributed by atoms with Gasteiger partial charge in [-0.25, -0.2) is 4.98 Å². The molecule has 2 aromatic carbocycles. The molecule has 0 fully saturated rings. The number of nitrogens with two attached hydrogens (primary N) is 1. The van der Waals surface area contributed by atoms with Crippen LogP contribution in [0.25, 0.3) is 11.3 Å². The number of nitrogen functional groups attached to an aromatic ring is 1. The lowest BCUT2D eigenvalue weighted by molar-refractivity contribution is 1.33. The molecule has 3 aromatic rings. The number of H-pyrrole nitrogens is 1. The average Bonchev–Trinajstić information content (AvgIpc) is 2.93. The maximum atomic E-state index is 5.57. The van der Waals surface area contributed by atoms with Gasteiger partial charge in [0.1, 0.15) is 0 Å². The lowest BCUT2D eigenvalue weighted by Gasteiger charge is -1.97. The molecule has 4 heteroatoms. The first-order valence-electron chi connectivity index (χ1n) is 6.29. The Hall–Kier alpha value is -2.70. The molecule has 0 unspecified atom stereocenters. The minimum Gasteiger partial charge on any atom is -0.369 e. The van der Waals surface area contributed by atoms with Crippen LogP contribution in [0.3, 0.4) is 0 Å². The summed E-state index contributed by atoms with van der Waals surface area (Å²) in [5, 5.41) is 0. The van der Waals surface area contributed by atoms with Crippen molar-refractivity contribution in [1.29, 1.82) is 0 Å². The Labute approximate surface area is 129 Å². The molecule has 0 spiro atoms. The molecule has 1 aromatic heterocycles. The van der Waals surface area contributed by atoms with Crippen LogP contribution in [0.15, 0.2) is 60.8 Å². The van der Waals surface area contributed by atoms with Crippen LogP contribution in [0.4, 0.5) is 5.95 Å². The van der Waals surface area contributed by atoms with E-state index in [-0.39, 0.29) is 12.4 Å². The molecule has 3 nitrogen and oxygen atoms in total. The molecule has 0 saturated carbocycles. The van der Waals surface area contributed by atoms with Crippen LogP contribution in [0, 0.1) is 11.8 Å². The maximum absolute atomic E-state index is 5.57. The van der Waals surface area contributed by atoms with E-state index >= 15 is 0 Å². The van der Waals surface area contributed by atoms with Gasteiger partial charge in [0.25, 0.3) is 0 Å². The van der Waals surface area contributed by atoms with E-state index in [1.54, 1.807) is 6.20 Å². The third-order valence-electron chi connectivity index (χ3n) is 2.92. The number of hydrogen-bond acceptors (Lipinski definition) is 2. The van der Waals surface area contributed by atoms with Gasteiger partial charge in [0.05, 0.1) is 11.9 Å². The van der Waals surface area contributed by atoms with Gasteiger partial charge in [-0.1, -0.05) is 42.2 Å². The second kappa shape index (κ2) is 6.65. The minimum atomic E-state index is 0. The monoisotopic (exact) mass is 295 g/mol. The van der Waals surface area contributed by atoms with Gasteiger partial charge in [0.2, 0.25) is 0 Å². The van der Waals surface area contributed by atoms with Crippen LogP contribution in [0.2, 0.25) is 0 Å². The van der Waals surface area contributed by atoms with Crippen LogP contribution in [-0.4, -0.2) is 9.97 Å². The summed E-state index contributed by atoms with van der Waals surface area (Å²) in [6.07, 6.45) is 1.72. The second-order valence-electron chi connectivity index (χ2n) is 4.38. The van der Waals surface area contributed by atoms with Gasteiger partial charge in [0, 0.05) is 11.1 Å². The number of anilines is 1. The van der Waals surface area contributed by atoms with Gasteiger partial charge < -0.3 is 10.7 Å². The number of hydrogen-bond donors (Lipinski definition) is 2. The fraction of sp³-hybridized carbons (Fsp3) is 0. The van der Waals surface area contributed by atoms with Crippen molar-refractivity contribution < 1.29 is 0 Å². The Kier molecular flexibility index (Phi) is 4.65. The van der Waals surface area contributed by atoms with E-state index in [9.17, 15) is 0 Å². The van der Waals surface area contributed by atoms with Crippen molar-refractivity contribution >= 4 is 18.4 Å². The van der Waals surface area contributed by atoms with Gasteiger partial charge >= 0.3 is 0 Å². The molecule has 0 radical (unpaired) electrons. The Morgan fingerprint density at radius 1 is 0.857 bits per heavy atom. The molecule has 0 saturated heterocycles. The fourth-order valence-electron chi connectivity index (χ4n) is 1.88. The molecule has 0 amide bonds. The summed E-state index contributed by atoms with van der Waals surface area (Å²) in [7, 11) is 0. The second-order valence-corrected chi connectivity index (χ2v) is 4.38. The van der Waals surface area contributed by atoms with Gasteiger partial charge in [-0.15, -0.1) is 12.4 Å². The topological polar surface area (TPSA) is 54.7 Å². The molecule has 0 aliphatic rings. The third-order valence-corrected chi connectivity index (χ3v) is 2.92. The summed E-state index contributed by atoms with van der Waals surface area (Å²) in [5.74, 6) is 6.70. The molecule has 0 aliphatic heterocycles. The summed E-state index contributed by atoms with van der Waals surface area (Å²) in [6.45, 7) is 0. The predicted molar refractivity (Wildman–Crippen MR) is 88.1 cm³/mol. The van der Waals surface area contributed by atoms with Crippen molar-refractivity contribution in [3.05, 3.63) is 71.9 Å². The SMILES string of the molecule is Cl.Nc1ncc(-c2ccc(C#Cc3ccccc3)cc2)[nH]1. The first kappa shape index (κ1) is 14.7. The van der Waals surface area contributed by atoms with Crippen molar-refractivity contribution in [1.82, 2.24) is 9.97 Å². The van der Waals surface area contributed by atoms with E-state index in [4.69, 9.17) is 5.73 Å². The van der Waals surface area contributed by atoms with Crippen molar-refractivity contribution in [2.24, 2.45) is 0 Å². The van der Waals surface area contributed by atoms with Crippen molar-refractivity contribution in [3.8, 4) is 23.1 Å². The molecule has 0 atom stereocenters. The average molecular weight is 296 g/mol. The van der Waals surface area contributed by atoms with E-state index in [0.29, 0.717) is 5.95 Å². The summed E-state index contributed by atoms with van der Waals surface area (Å²) >= 11 is 0. The number of nitrogens with one attached hydrogen (secondary N) is 1. The van der Waals surface area contributed by atoms with Gasteiger partial charge in [-0.05, 0) is 29.8 Å². The Morgan fingerprint density at radius 3 is 2.05 bits per heavy atom. The molecule has 0 aliphatic carbocycles. The zero-order valence-electron chi connectivity index (χ0n) is 11.2. The first-order chi connectivity index (χ1) is 9.81. The standard InChI is InChI=1S/C17H13N3.ClH/c18-17-19-12-16(20-17)15-10-8-14(9-11-15)7-6-13-4-2-1-3-5-13;/h1-5,8-12H,(H3,18,19,20);1H. The zero-order valence-corrected chi connectivity index (χ0v) is 12.0. The van der Waals surface area contributed by atoms with Crippen LogP contribution in [0.5, 0.6) is 0 Å². The lowest BCUT2D eigenvalue weighted by atomic mass is 10.1. The highest BCUT2D eigenvalue weighted by atomic mass is 35.5. The van der Waals surface area contributed by atoms with Crippen molar-refractivity contribution in [2.45, 2.75) is 0 Å². The molecule has 1 heterocycles. The normalized spacial score (nSPS) is 9.33. The lowest BCUT2D eigenvalue weighted by Crippen LogP contribution is -1.85. The number of halogens is 1. The summed E-state index contributed by atoms with van der Waals surface area (Å²) in [4.78, 5) is 6.99. The molecule has 0 bridgehead atoms. The predicted octanol–water partition coefficient (Wildman–Crippen LogP) is 3.48. The largest absolute Gasteiger partial charge is 0.369 e. The molecule has 104 valence electrons. The molecular weight excluding hydrogens is 282 g/mol. The number of rotatable bonds is 1. The smallest absolute Gasteiger partial charge is 0.197 e. The van der Waals surface area contributed by atoms with E-state index in [2.05, 4.69) is 21.8 Å². The van der Waals surface area contributed by atoms with Crippen LogP contribution in [-0.2, 0) is 0 Å². The highest BCUT2D eigenvalue weighted by molar-refractivity contribution is 5.85. The van der Waals surface area contributed by atoms with E-state index in [1.807, 2.05) is 54.6 Å². The van der Waals surface area contributed by atoms with E-state index in [1.165, 1.54) is 0 Å².